The molecule has 0 unspecified atom stereocenters. The lowest BCUT2D eigenvalue weighted by molar-refractivity contribution is 0.320. The van der Waals surface area contributed by atoms with Crippen LogP contribution in [-0.4, -0.2) is 28.4 Å². The summed E-state index contributed by atoms with van der Waals surface area (Å²) in [4.78, 5) is 0. The molecule has 0 aromatic heterocycles. The van der Waals surface area contributed by atoms with Crippen LogP contribution in [0.1, 0.15) is 0 Å². The Morgan fingerprint density at radius 1 is 0.800 bits per heavy atom. The Hall–Kier alpha value is -1.78. The monoisotopic (exact) mass is 213 g/mol. The first kappa shape index (κ1) is 11.3. The van der Waals surface area contributed by atoms with Gasteiger partial charge >= 0.3 is 0 Å². The first-order chi connectivity index (χ1) is 7.19. The van der Waals surface area contributed by atoms with Crippen LogP contribution < -0.4 is 24.7 Å². The van der Waals surface area contributed by atoms with Crippen molar-refractivity contribution in [3.63, 3.8) is 0 Å². The molecule has 15 heavy (non-hydrogen) atoms. The number of rotatable bonds is 4. The molecular weight excluding hydrogens is 198 g/mol. The van der Waals surface area contributed by atoms with Crippen LogP contribution in [0.25, 0.3) is 0 Å². The van der Waals surface area contributed by atoms with Crippen LogP contribution in [-0.2, 0) is 0 Å². The second-order valence-electron chi connectivity index (χ2n) is 2.76. The first-order valence-corrected chi connectivity index (χ1v) is 4.32. The average molecular weight is 213 g/mol. The second-order valence-corrected chi connectivity index (χ2v) is 2.76. The molecule has 2 N–H and O–H groups in total. The molecule has 5 nitrogen and oxygen atoms in total. The lowest BCUT2D eigenvalue weighted by Crippen LogP contribution is -2.01. The number of ether oxygens (including phenoxy) is 4. The summed E-state index contributed by atoms with van der Waals surface area (Å²) in [6, 6.07) is 1.65. The molecule has 0 bridgehead atoms. The van der Waals surface area contributed by atoms with Crippen molar-refractivity contribution in [1.29, 1.82) is 0 Å². The summed E-state index contributed by atoms with van der Waals surface area (Å²) in [5.41, 5.74) is 6.21. The zero-order chi connectivity index (χ0) is 11.4. The quantitative estimate of drug-likeness (QED) is 0.764. The zero-order valence-corrected chi connectivity index (χ0v) is 9.29. The SMILES string of the molecule is COc1cc(OC)c(OC)c(OC)c1N. The molecule has 0 amide bonds. The largest absolute Gasteiger partial charge is 0.494 e. The predicted molar refractivity (Wildman–Crippen MR) is 57.1 cm³/mol. The first-order valence-electron chi connectivity index (χ1n) is 4.32. The van der Waals surface area contributed by atoms with Crippen molar-refractivity contribution < 1.29 is 18.9 Å². The zero-order valence-electron chi connectivity index (χ0n) is 9.29. The number of nitrogens with two attached hydrogens (primary N) is 1. The molecule has 0 fully saturated rings. The summed E-state index contributed by atoms with van der Waals surface area (Å²) in [6.45, 7) is 0. The van der Waals surface area contributed by atoms with E-state index < -0.39 is 0 Å². The lowest BCUT2D eigenvalue weighted by atomic mass is 10.2. The summed E-state index contributed by atoms with van der Waals surface area (Å²) in [6.07, 6.45) is 0. The topological polar surface area (TPSA) is 62.9 Å². The van der Waals surface area contributed by atoms with E-state index >= 15 is 0 Å². The average Bonchev–Trinajstić information content (AvgIpc) is 2.28. The Morgan fingerprint density at radius 2 is 1.33 bits per heavy atom. The molecule has 0 heterocycles. The molecule has 0 spiro atoms. The van der Waals surface area contributed by atoms with Crippen LogP contribution in [0.15, 0.2) is 6.07 Å². The maximum absolute atomic E-state index is 5.82. The maximum Gasteiger partial charge on any atom is 0.205 e. The molecule has 0 aliphatic heterocycles. The summed E-state index contributed by atoms with van der Waals surface area (Å²) in [5.74, 6) is 1.87. The van der Waals surface area contributed by atoms with Gasteiger partial charge < -0.3 is 24.7 Å². The Bertz CT molecular complexity index is 352. The van der Waals surface area contributed by atoms with Crippen LogP contribution in [0.5, 0.6) is 23.0 Å². The second kappa shape index (κ2) is 4.63. The van der Waals surface area contributed by atoms with Crippen molar-refractivity contribution in [3.05, 3.63) is 6.07 Å². The van der Waals surface area contributed by atoms with Gasteiger partial charge in [0.2, 0.25) is 5.75 Å². The number of methoxy groups -OCH3 is 4. The Labute approximate surface area is 88.7 Å². The fourth-order valence-electron chi connectivity index (χ4n) is 1.32. The Kier molecular flexibility index (Phi) is 3.49. The summed E-state index contributed by atoms with van der Waals surface area (Å²) in [7, 11) is 6.09. The Balaban J connectivity index is 3.43. The molecule has 84 valence electrons. The number of anilines is 1. The van der Waals surface area contributed by atoms with Crippen LogP contribution in [0.3, 0.4) is 0 Å². The van der Waals surface area contributed by atoms with Crippen molar-refractivity contribution in [2.45, 2.75) is 0 Å². The predicted octanol–water partition coefficient (Wildman–Crippen LogP) is 1.30. The highest BCUT2D eigenvalue weighted by molar-refractivity contribution is 5.73. The number of nitrogen functional groups attached to an aromatic ring is 1. The standard InChI is InChI=1S/C10H15NO4/c1-12-6-5-7(13-2)9(14-3)10(15-4)8(6)11/h5H,11H2,1-4H3. The summed E-state index contributed by atoms with van der Waals surface area (Å²) < 4.78 is 20.5. The molecular formula is C10H15NO4. The fraction of sp³-hybridized carbons (Fsp3) is 0.400. The van der Waals surface area contributed by atoms with E-state index in [1.807, 2.05) is 0 Å². The third-order valence-electron chi connectivity index (χ3n) is 2.05. The smallest absolute Gasteiger partial charge is 0.205 e. The van der Waals surface area contributed by atoms with E-state index in [9.17, 15) is 0 Å². The third-order valence-corrected chi connectivity index (χ3v) is 2.05. The molecule has 0 atom stereocenters. The van der Waals surface area contributed by atoms with Gasteiger partial charge in [0.1, 0.15) is 11.4 Å². The summed E-state index contributed by atoms with van der Waals surface area (Å²) >= 11 is 0. The number of benzene rings is 1. The fourth-order valence-corrected chi connectivity index (χ4v) is 1.32. The molecule has 0 aliphatic carbocycles. The van der Waals surface area contributed by atoms with Crippen LogP contribution in [0.4, 0.5) is 5.69 Å². The summed E-state index contributed by atoms with van der Waals surface area (Å²) in [5, 5.41) is 0. The van der Waals surface area contributed by atoms with Crippen molar-refractivity contribution >= 4 is 5.69 Å². The molecule has 0 saturated heterocycles. The number of hydrogen-bond donors (Lipinski definition) is 1. The van der Waals surface area contributed by atoms with Gasteiger partial charge in [0.25, 0.3) is 0 Å². The van der Waals surface area contributed by atoms with E-state index in [0.717, 1.165) is 0 Å². The Morgan fingerprint density at radius 3 is 1.73 bits per heavy atom. The number of hydrogen-bond acceptors (Lipinski definition) is 5. The van der Waals surface area contributed by atoms with Crippen LogP contribution >= 0.6 is 0 Å². The van der Waals surface area contributed by atoms with Crippen LogP contribution in [0, 0.1) is 0 Å². The van der Waals surface area contributed by atoms with Gasteiger partial charge in [-0.1, -0.05) is 0 Å². The minimum absolute atomic E-state index is 0.387. The van der Waals surface area contributed by atoms with E-state index in [1.54, 1.807) is 6.07 Å². The maximum atomic E-state index is 5.82. The van der Waals surface area contributed by atoms with Crippen molar-refractivity contribution in [1.82, 2.24) is 0 Å². The van der Waals surface area contributed by atoms with Crippen molar-refractivity contribution in [2.75, 3.05) is 34.2 Å². The van der Waals surface area contributed by atoms with Gasteiger partial charge in [-0.3, -0.25) is 0 Å². The molecule has 0 saturated carbocycles. The van der Waals surface area contributed by atoms with E-state index in [2.05, 4.69) is 0 Å². The van der Waals surface area contributed by atoms with Gasteiger partial charge in [-0.2, -0.15) is 0 Å². The molecule has 1 aromatic rings. The highest BCUT2D eigenvalue weighted by Crippen LogP contribution is 2.46. The van der Waals surface area contributed by atoms with E-state index in [4.69, 9.17) is 24.7 Å². The van der Waals surface area contributed by atoms with Gasteiger partial charge in [-0.25, -0.2) is 0 Å². The van der Waals surface area contributed by atoms with E-state index in [-0.39, 0.29) is 0 Å². The van der Waals surface area contributed by atoms with E-state index in [1.165, 1.54) is 28.4 Å². The molecule has 0 radical (unpaired) electrons. The molecule has 1 aromatic carbocycles. The lowest BCUT2D eigenvalue weighted by Gasteiger charge is -2.16. The van der Waals surface area contributed by atoms with Crippen molar-refractivity contribution in [3.8, 4) is 23.0 Å². The highest BCUT2D eigenvalue weighted by atomic mass is 16.5. The van der Waals surface area contributed by atoms with Crippen molar-refractivity contribution in [2.24, 2.45) is 0 Å². The van der Waals surface area contributed by atoms with Gasteiger partial charge in [0.05, 0.1) is 28.4 Å². The normalized spacial score (nSPS) is 9.60. The third kappa shape index (κ3) is 1.86. The van der Waals surface area contributed by atoms with E-state index in [0.29, 0.717) is 28.7 Å². The molecule has 5 heteroatoms. The minimum Gasteiger partial charge on any atom is -0.494 e. The van der Waals surface area contributed by atoms with Crippen LogP contribution in [0.2, 0.25) is 0 Å². The highest BCUT2D eigenvalue weighted by Gasteiger charge is 2.18. The van der Waals surface area contributed by atoms with Gasteiger partial charge in [0.15, 0.2) is 11.5 Å². The van der Waals surface area contributed by atoms with Gasteiger partial charge in [-0.15, -0.1) is 0 Å². The molecule has 1 rings (SSSR count). The van der Waals surface area contributed by atoms with Gasteiger partial charge in [-0.05, 0) is 0 Å². The molecule has 0 aliphatic rings. The minimum atomic E-state index is 0.387. The van der Waals surface area contributed by atoms with Gasteiger partial charge in [0, 0.05) is 6.07 Å².